The van der Waals surface area contributed by atoms with Gasteiger partial charge in [-0.1, -0.05) is 18.2 Å². The van der Waals surface area contributed by atoms with Crippen LogP contribution in [0.2, 0.25) is 0 Å². The molecule has 0 bridgehead atoms. The van der Waals surface area contributed by atoms with E-state index in [-0.39, 0.29) is 57.4 Å². The number of ether oxygens (including phenoxy) is 1. The molecule has 23 heavy (non-hydrogen) atoms. The molecular formula is C15H20BF3KNO2. The minimum absolute atomic E-state index is 0. The monoisotopic (exact) mass is 353 g/mol. The molecule has 0 heterocycles. The van der Waals surface area contributed by atoms with Gasteiger partial charge in [-0.05, 0) is 51.2 Å². The van der Waals surface area contributed by atoms with Gasteiger partial charge in [0, 0.05) is 6.04 Å². The average Bonchev–Trinajstić information content (AvgIpc) is 2.34. The summed E-state index contributed by atoms with van der Waals surface area (Å²) >= 11 is 0. The fourth-order valence-corrected chi connectivity index (χ4v) is 2.58. The maximum absolute atomic E-state index is 12.8. The van der Waals surface area contributed by atoms with Crippen molar-refractivity contribution in [1.82, 2.24) is 5.32 Å². The number of alkyl carbamates (subject to hydrolysis) is 1. The van der Waals surface area contributed by atoms with E-state index >= 15 is 0 Å². The zero-order chi connectivity index (χ0) is 16.5. The molecule has 2 rings (SSSR count). The van der Waals surface area contributed by atoms with Crippen LogP contribution < -0.4 is 62.2 Å². The molecule has 1 amide bonds. The van der Waals surface area contributed by atoms with E-state index in [2.05, 4.69) is 5.32 Å². The third-order valence-electron chi connectivity index (χ3n) is 3.56. The van der Waals surface area contributed by atoms with Crippen molar-refractivity contribution in [2.24, 2.45) is 0 Å². The van der Waals surface area contributed by atoms with Gasteiger partial charge < -0.3 is 23.0 Å². The number of carbonyl (C=O) groups excluding carboxylic acids is 1. The summed E-state index contributed by atoms with van der Waals surface area (Å²) in [5.74, 6) is 0. The molecule has 0 saturated carbocycles. The van der Waals surface area contributed by atoms with Crippen molar-refractivity contribution in [2.45, 2.75) is 51.7 Å². The summed E-state index contributed by atoms with van der Waals surface area (Å²) in [5.41, 5.74) is 0.452. The fraction of sp³-hybridized carbons (Fsp3) is 0.533. The Morgan fingerprint density at radius 3 is 2.48 bits per heavy atom. The van der Waals surface area contributed by atoms with Crippen LogP contribution in [0.25, 0.3) is 0 Å². The summed E-state index contributed by atoms with van der Waals surface area (Å²) in [6, 6.07) is 3.76. The third kappa shape index (κ3) is 6.42. The molecule has 1 aromatic carbocycles. The SMILES string of the molecule is CC(C)(C)OC(=O)NC1CCc2cc([B-](F)(F)F)ccc2C1.[K+]. The Labute approximate surface area is 177 Å². The first-order valence-electron chi connectivity index (χ1n) is 7.36. The van der Waals surface area contributed by atoms with Crippen LogP contribution in [-0.4, -0.2) is 24.7 Å². The summed E-state index contributed by atoms with van der Waals surface area (Å²) in [5, 5.41) is 2.78. The smallest absolute Gasteiger partial charge is 0.445 e. The van der Waals surface area contributed by atoms with E-state index in [0.29, 0.717) is 19.3 Å². The Morgan fingerprint density at radius 1 is 1.26 bits per heavy atom. The number of aryl methyl sites for hydroxylation is 1. The van der Waals surface area contributed by atoms with E-state index in [1.165, 1.54) is 12.1 Å². The molecule has 0 aromatic heterocycles. The molecule has 1 atom stereocenters. The standard InChI is InChI=1S/C15H20BF3NO2.K/c1-15(2,3)22-14(21)20-13-7-5-10-8-12(16(17,18)19)6-4-11(10)9-13;/h4,6,8,13H,5,7,9H2,1-3H3,(H,20,21);/q-1;+1. The minimum Gasteiger partial charge on any atom is -0.445 e. The maximum atomic E-state index is 12.8. The Bertz CT molecular complexity index is 573. The van der Waals surface area contributed by atoms with Gasteiger partial charge >= 0.3 is 64.5 Å². The molecular weight excluding hydrogens is 333 g/mol. The molecule has 1 aliphatic carbocycles. The van der Waals surface area contributed by atoms with E-state index in [1.54, 1.807) is 20.8 Å². The van der Waals surface area contributed by atoms with Crippen molar-refractivity contribution in [3.8, 4) is 0 Å². The van der Waals surface area contributed by atoms with Crippen LogP contribution in [0.15, 0.2) is 18.2 Å². The normalized spacial score (nSPS) is 17.7. The van der Waals surface area contributed by atoms with Crippen LogP contribution in [0, 0.1) is 0 Å². The predicted molar refractivity (Wildman–Crippen MR) is 80.3 cm³/mol. The molecule has 0 fully saturated rings. The summed E-state index contributed by atoms with van der Waals surface area (Å²) in [4.78, 5) is 11.7. The number of halogens is 3. The van der Waals surface area contributed by atoms with E-state index in [9.17, 15) is 17.7 Å². The van der Waals surface area contributed by atoms with Crippen LogP contribution in [-0.2, 0) is 17.6 Å². The molecule has 0 saturated heterocycles. The summed E-state index contributed by atoms with van der Waals surface area (Å²) < 4.78 is 43.5. The van der Waals surface area contributed by atoms with Crippen molar-refractivity contribution in [2.75, 3.05) is 0 Å². The van der Waals surface area contributed by atoms with E-state index < -0.39 is 24.1 Å². The fourth-order valence-electron chi connectivity index (χ4n) is 2.58. The van der Waals surface area contributed by atoms with Crippen molar-refractivity contribution < 1.29 is 73.9 Å². The van der Waals surface area contributed by atoms with Crippen LogP contribution in [0.3, 0.4) is 0 Å². The number of hydrogen-bond acceptors (Lipinski definition) is 2. The molecule has 0 radical (unpaired) electrons. The van der Waals surface area contributed by atoms with Crippen molar-refractivity contribution in [3.05, 3.63) is 29.3 Å². The molecule has 8 heteroatoms. The molecule has 1 N–H and O–H groups in total. The first-order chi connectivity index (χ1) is 10.0. The van der Waals surface area contributed by atoms with E-state index in [1.807, 2.05) is 0 Å². The molecule has 0 aliphatic heterocycles. The minimum atomic E-state index is -4.96. The zero-order valence-electron chi connectivity index (χ0n) is 14.0. The Morgan fingerprint density at radius 2 is 1.91 bits per heavy atom. The number of hydrogen-bond donors (Lipinski definition) is 1. The summed E-state index contributed by atoms with van der Waals surface area (Å²) in [6.45, 7) is 0.379. The topological polar surface area (TPSA) is 38.3 Å². The molecule has 1 aromatic rings. The maximum Gasteiger partial charge on any atom is 1.00 e. The third-order valence-corrected chi connectivity index (χ3v) is 3.56. The number of carbonyl (C=O) groups is 1. The predicted octanol–water partition coefficient (Wildman–Crippen LogP) is 0.127. The first-order valence-corrected chi connectivity index (χ1v) is 7.36. The van der Waals surface area contributed by atoms with Crippen LogP contribution in [0.1, 0.15) is 38.3 Å². The largest absolute Gasteiger partial charge is 1.00 e. The van der Waals surface area contributed by atoms with Gasteiger partial charge in [-0.3, -0.25) is 0 Å². The van der Waals surface area contributed by atoms with E-state index in [4.69, 9.17) is 4.74 Å². The Balaban J connectivity index is 0.00000264. The van der Waals surface area contributed by atoms with Gasteiger partial charge in [0.1, 0.15) is 5.60 Å². The number of rotatable bonds is 2. The Hall–Kier alpha value is -0.0187. The van der Waals surface area contributed by atoms with Crippen molar-refractivity contribution in [1.29, 1.82) is 0 Å². The van der Waals surface area contributed by atoms with Crippen molar-refractivity contribution in [3.63, 3.8) is 0 Å². The number of fused-ring (bicyclic) bond motifs is 1. The van der Waals surface area contributed by atoms with Gasteiger partial charge in [-0.2, -0.15) is 0 Å². The van der Waals surface area contributed by atoms with Gasteiger partial charge in [0.25, 0.3) is 0 Å². The van der Waals surface area contributed by atoms with Gasteiger partial charge in [0.15, 0.2) is 0 Å². The van der Waals surface area contributed by atoms with Gasteiger partial charge in [-0.25, -0.2) is 4.79 Å². The molecule has 0 spiro atoms. The number of benzene rings is 1. The second kappa shape index (κ2) is 7.91. The number of amides is 1. The molecule has 1 aliphatic rings. The number of nitrogens with one attached hydrogen (secondary N) is 1. The second-order valence-corrected chi connectivity index (χ2v) is 6.69. The second-order valence-electron chi connectivity index (χ2n) is 6.69. The van der Waals surface area contributed by atoms with Gasteiger partial charge in [0.2, 0.25) is 0 Å². The Kier molecular flexibility index (Phi) is 7.23. The average molecular weight is 353 g/mol. The first kappa shape index (κ1) is 21.0. The van der Waals surface area contributed by atoms with Crippen LogP contribution >= 0.6 is 0 Å². The zero-order valence-corrected chi connectivity index (χ0v) is 17.1. The van der Waals surface area contributed by atoms with E-state index in [0.717, 1.165) is 17.2 Å². The summed E-state index contributed by atoms with van der Waals surface area (Å²) in [6.07, 6.45) is 1.17. The van der Waals surface area contributed by atoms with Gasteiger partial charge in [-0.15, -0.1) is 5.46 Å². The molecule has 122 valence electrons. The molecule has 1 unspecified atom stereocenters. The van der Waals surface area contributed by atoms with Crippen LogP contribution in [0.5, 0.6) is 0 Å². The van der Waals surface area contributed by atoms with Gasteiger partial charge in [0.05, 0.1) is 0 Å². The molecule has 3 nitrogen and oxygen atoms in total. The summed E-state index contributed by atoms with van der Waals surface area (Å²) in [7, 11) is 0. The van der Waals surface area contributed by atoms with Crippen LogP contribution in [0.4, 0.5) is 17.7 Å². The quantitative estimate of drug-likeness (QED) is 0.768. The van der Waals surface area contributed by atoms with Crippen molar-refractivity contribution >= 4 is 18.5 Å².